The number of rotatable bonds is 5. The van der Waals surface area contributed by atoms with Crippen molar-refractivity contribution in [3.05, 3.63) is 34.4 Å². The van der Waals surface area contributed by atoms with E-state index in [-0.39, 0.29) is 16.5 Å². The zero-order valence-corrected chi connectivity index (χ0v) is 14.1. The Balaban J connectivity index is 2.49. The topological polar surface area (TPSA) is 130 Å². The van der Waals surface area contributed by atoms with Gasteiger partial charge in [-0.05, 0) is 37.8 Å². The van der Waals surface area contributed by atoms with E-state index in [2.05, 4.69) is 3.77 Å². The molecule has 1 aliphatic rings. The number of benzene rings is 1. The van der Waals surface area contributed by atoms with Crippen LogP contribution < -0.4 is 0 Å². The molecule has 1 aliphatic carbocycles. The molecule has 8 nitrogen and oxygen atoms in total. The number of nitriles is 1. The van der Waals surface area contributed by atoms with E-state index in [1.807, 2.05) is 6.07 Å². The van der Waals surface area contributed by atoms with Gasteiger partial charge in [0, 0.05) is 18.4 Å². The number of non-ortho nitro benzene ring substituents is 1. The summed E-state index contributed by atoms with van der Waals surface area (Å²) in [7, 11) is -7.63. The Morgan fingerprint density at radius 1 is 1.30 bits per heavy atom. The molecule has 0 aromatic heterocycles. The van der Waals surface area contributed by atoms with Gasteiger partial charge in [0.15, 0.2) is 0 Å². The SMILES string of the molecule is CC(C#N)(C1CC1)S(C)(=O)=NS(=O)(=O)c1ccc([N+](=O)[O-])cc1. The summed E-state index contributed by atoms with van der Waals surface area (Å²) >= 11 is 0. The quantitative estimate of drug-likeness (QED) is 0.585. The second kappa shape index (κ2) is 5.58. The summed E-state index contributed by atoms with van der Waals surface area (Å²) < 4.78 is 39.6. The lowest BCUT2D eigenvalue weighted by Crippen LogP contribution is -2.35. The standard InChI is InChI=1S/C13H15N3O5S2/c1-13(9-14,10-3-4-10)22(2,19)15-23(20,21)12-7-5-11(6-8-12)16(17)18/h5-8,10H,3-4H2,1-2H3. The largest absolute Gasteiger partial charge is 0.290 e. The van der Waals surface area contributed by atoms with E-state index in [4.69, 9.17) is 0 Å². The Kier molecular flexibility index (Phi) is 4.21. The highest BCUT2D eigenvalue weighted by Crippen LogP contribution is 2.44. The highest BCUT2D eigenvalue weighted by molar-refractivity contribution is 8.03. The van der Waals surface area contributed by atoms with Crippen LogP contribution in [0.2, 0.25) is 0 Å². The van der Waals surface area contributed by atoms with E-state index in [0.717, 1.165) is 30.5 Å². The lowest BCUT2D eigenvalue weighted by Gasteiger charge is -2.22. The zero-order valence-electron chi connectivity index (χ0n) is 12.5. The first-order chi connectivity index (χ1) is 10.5. The van der Waals surface area contributed by atoms with Gasteiger partial charge >= 0.3 is 0 Å². The fourth-order valence-corrected chi connectivity index (χ4v) is 6.13. The second-order valence-corrected chi connectivity index (χ2v) is 10.1. The lowest BCUT2D eigenvalue weighted by atomic mass is 10.1. The van der Waals surface area contributed by atoms with E-state index in [1.165, 1.54) is 6.92 Å². The van der Waals surface area contributed by atoms with Crippen molar-refractivity contribution in [2.24, 2.45) is 9.69 Å². The van der Waals surface area contributed by atoms with E-state index in [9.17, 15) is 28.0 Å². The fourth-order valence-electron chi connectivity index (χ4n) is 2.17. The fraction of sp³-hybridized carbons (Fsp3) is 0.462. The molecular formula is C13H15N3O5S2. The van der Waals surface area contributed by atoms with Gasteiger partial charge in [-0.25, -0.2) is 4.21 Å². The van der Waals surface area contributed by atoms with Crippen molar-refractivity contribution in [3.63, 3.8) is 0 Å². The Morgan fingerprint density at radius 2 is 1.83 bits per heavy atom. The van der Waals surface area contributed by atoms with Crippen LogP contribution in [0.4, 0.5) is 5.69 Å². The lowest BCUT2D eigenvalue weighted by molar-refractivity contribution is -0.384. The summed E-state index contributed by atoms with van der Waals surface area (Å²) in [5, 5.41) is 19.9. The molecule has 23 heavy (non-hydrogen) atoms. The van der Waals surface area contributed by atoms with Crippen LogP contribution in [0.1, 0.15) is 19.8 Å². The highest BCUT2D eigenvalue weighted by atomic mass is 32.3. The number of hydrogen-bond donors (Lipinski definition) is 0. The minimum Gasteiger partial charge on any atom is -0.258 e. The molecular weight excluding hydrogens is 342 g/mol. The Bertz CT molecular complexity index is 904. The summed E-state index contributed by atoms with van der Waals surface area (Å²) in [5.41, 5.74) is -0.263. The molecule has 2 unspecified atom stereocenters. The van der Waals surface area contributed by atoms with Gasteiger partial charge in [0.1, 0.15) is 4.75 Å². The van der Waals surface area contributed by atoms with Crippen molar-refractivity contribution in [2.45, 2.75) is 29.4 Å². The summed E-state index contributed by atoms with van der Waals surface area (Å²) in [6, 6.07) is 6.09. The molecule has 0 heterocycles. The minimum atomic E-state index is -4.28. The molecule has 124 valence electrons. The molecule has 1 aromatic rings. The molecule has 10 heteroatoms. The average molecular weight is 357 g/mol. The van der Waals surface area contributed by atoms with E-state index >= 15 is 0 Å². The Hall–Kier alpha value is -1.99. The summed E-state index contributed by atoms with van der Waals surface area (Å²) in [5.74, 6) is -0.138. The zero-order chi connectivity index (χ0) is 17.5. The van der Waals surface area contributed by atoms with Crippen molar-refractivity contribution in [2.75, 3.05) is 6.26 Å². The van der Waals surface area contributed by atoms with Gasteiger partial charge in [-0.2, -0.15) is 13.7 Å². The van der Waals surface area contributed by atoms with Gasteiger partial charge in [0.2, 0.25) is 0 Å². The van der Waals surface area contributed by atoms with Crippen molar-refractivity contribution in [1.82, 2.24) is 0 Å². The van der Waals surface area contributed by atoms with Gasteiger partial charge in [-0.1, -0.05) is 0 Å². The third-order valence-electron chi connectivity index (χ3n) is 3.95. The maximum absolute atomic E-state index is 12.8. The molecule has 1 aromatic carbocycles. The van der Waals surface area contributed by atoms with Gasteiger partial charge in [0.05, 0.1) is 25.6 Å². The number of sulfonamides is 1. The summed E-state index contributed by atoms with van der Waals surface area (Å²) in [6.45, 7) is 1.46. The van der Waals surface area contributed by atoms with Crippen LogP contribution in [-0.4, -0.2) is 28.6 Å². The predicted molar refractivity (Wildman–Crippen MR) is 83.5 cm³/mol. The van der Waals surface area contributed by atoms with E-state index < -0.39 is 29.4 Å². The van der Waals surface area contributed by atoms with Crippen LogP contribution in [0, 0.1) is 27.4 Å². The average Bonchev–Trinajstić information content (AvgIpc) is 3.30. The smallest absolute Gasteiger partial charge is 0.258 e. The summed E-state index contributed by atoms with van der Waals surface area (Å²) in [6.07, 6.45) is 2.58. The molecule has 0 saturated heterocycles. The van der Waals surface area contributed by atoms with Crippen molar-refractivity contribution < 1.29 is 17.6 Å². The predicted octanol–water partition coefficient (Wildman–Crippen LogP) is 2.07. The van der Waals surface area contributed by atoms with Gasteiger partial charge in [0.25, 0.3) is 15.7 Å². The van der Waals surface area contributed by atoms with Crippen LogP contribution >= 0.6 is 0 Å². The van der Waals surface area contributed by atoms with Crippen molar-refractivity contribution in [3.8, 4) is 6.07 Å². The first kappa shape index (κ1) is 17.4. The number of nitro benzene ring substituents is 1. The normalized spacial score (nSPS) is 19.9. The molecule has 0 aliphatic heterocycles. The molecule has 2 atom stereocenters. The molecule has 1 fully saturated rings. The molecule has 0 spiro atoms. The maximum Gasteiger partial charge on any atom is 0.290 e. The molecule has 0 amide bonds. The third kappa shape index (κ3) is 3.20. The van der Waals surface area contributed by atoms with Crippen molar-refractivity contribution in [1.29, 1.82) is 5.26 Å². The van der Waals surface area contributed by atoms with Crippen LogP contribution in [-0.2, 0) is 19.8 Å². The maximum atomic E-state index is 12.8. The number of nitro groups is 1. The molecule has 0 radical (unpaired) electrons. The molecule has 1 saturated carbocycles. The van der Waals surface area contributed by atoms with Gasteiger partial charge < -0.3 is 0 Å². The van der Waals surface area contributed by atoms with Crippen LogP contribution in [0.25, 0.3) is 0 Å². The number of nitrogens with zero attached hydrogens (tertiary/aromatic N) is 3. The molecule has 0 bridgehead atoms. The van der Waals surface area contributed by atoms with Crippen LogP contribution in [0.3, 0.4) is 0 Å². The minimum absolute atomic E-state index is 0.138. The van der Waals surface area contributed by atoms with Crippen LogP contribution in [0.15, 0.2) is 32.9 Å². The molecule has 2 rings (SSSR count). The van der Waals surface area contributed by atoms with E-state index in [1.54, 1.807) is 0 Å². The monoisotopic (exact) mass is 357 g/mol. The Morgan fingerprint density at radius 3 is 2.22 bits per heavy atom. The van der Waals surface area contributed by atoms with Gasteiger partial charge in [-0.15, -0.1) is 3.77 Å². The summed E-state index contributed by atoms with van der Waals surface area (Å²) in [4.78, 5) is 9.64. The van der Waals surface area contributed by atoms with E-state index in [0.29, 0.717) is 12.8 Å². The third-order valence-corrected chi connectivity index (χ3v) is 8.74. The van der Waals surface area contributed by atoms with Gasteiger partial charge in [-0.3, -0.25) is 10.1 Å². The second-order valence-electron chi connectivity index (χ2n) is 5.60. The molecule has 0 N–H and O–H groups in total. The Labute approximate surface area is 134 Å². The highest BCUT2D eigenvalue weighted by Gasteiger charge is 2.49. The van der Waals surface area contributed by atoms with Crippen molar-refractivity contribution >= 4 is 25.4 Å². The van der Waals surface area contributed by atoms with Crippen LogP contribution in [0.5, 0.6) is 0 Å². The first-order valence-electron chi connectivity index (χ1n) is 6.67. The first-order valence-corrected chi connectivity index (χ1v) is 10.0. The number of hydrogen-bond acceptors (Lipinski definition) is 6.